The van der Waals surface area contributed by atoms with Crippen molar-refractivity contribution in [2.45, 2.75) is 6.92 Å². The van der Waals surface area contributed by atoms with E-state index in [1.165, 1.54) is 6.92 Å². The summed E-state index contributed by atoms with van der Waals surface area (Å²) < 4.78 is 0. The Morgan fingerprint density at radius 1 is 1.62 bits per heavy atom. The largest absolute Gasteiger partial charge is 1.00 e. The molecular formula is C4H8Na2O2. The topological polar surface area (TPSA) is 37.3 Å². The summed E-state index contributed by atoms with van der Waals surface area (Å²) in [6.45, 7) is 4.60. The van der Waals surface area contributed by atoms with Crippen LogP contribution in [0.2, 0.25) is 0 Å². The summed E-state index contributed by atoms with van der Waals surface area (Å²) in [5.74, 6) is -0.935. The van der Waals surface area contributed by atoms with E-state index in [1.807, 2.05) is 0 Å². The summed E-state index contributed by atoms with van der Waals surface area (Å²) in [6, 6.07) is 0. The van der Waals surface area contributed by atoms with Crippen molar-refractivity contribution in [1.82, 2.24) is 0 Å². The molecule has 0 aromatic rings. The molecule has 0 bridgehead atoms. The van der Waals surface area contributed by atoms with Crippen LogP contribution in [0.15, 0.2) is 12.2 Å². The molecule has 38 valence electrons. The van der Waals surface area contributed by atoms with Crippen molar-refractivity contribution in [3.8, 4) is 0 Å². The molecule has 1 N–H and O–H groups in total. The predicted octanol–water partition coefficient (Wildman–Crippen LogP) is -5.12. The fourth-order valence-electron chi connectivity index (χ4n) is 0. The van der Waals surface area contributed by atoms with E-state index in [-0.39, 0.29) is 67.5 Å². The molecule has 0 atom stereocenters. The maximum absolute atomic E-state index is 9.60. The molecule has 4 heteroatoms. The summed E-state index contributed by atoms with van der Waals surface area (Å²) in [5, 5.41) is 7.89. The summed E-state index contributed by atoms with van der Waals surface area (Å²) in [7, 11) is 0. The Morgan fingerprint density at radius 3 is 1.75 bits per heavy atom. The second-order valence-corrected chi connectivity index (χ2v) is 1.09. The first kappa shape index (κ1) is 16.1. The quantitative estimate of drug-likeness (QED) is 0.288. The Labute approximate surface area is 95.9 Å². The molecule has 0 unspecified atom stereocenters. The number of hydrogen-bond donors (Lipinski definition) is 1. The van der Waals surface area contributed by atoms with Crippen LogP contribution < -0.4 is 59.1 Å². The van der Waals surface area contributed by atoms with Crippen LogP contribution in [0.5, 0.6) is 0 Å². The van der Waals surface area contributed by atoms with E-state index < -0.39 is 5.97 Å². The van der Waals surface area contributed by atoms with Gasteiger partial charge in [0.25, 0.3) is 0 Å². The molecule has 0 radical (unpaired) electrons. The van der Waals surface area contributed by atoms with Gasteiger partial charge in [0, 0.05) is 5.57 Å². The molecule has 0 amide bonds. The molecule has 0 fully saturated rings. The standard InChI is InChI=1S/C4H6O2.2Na.2H/c1-3(2)4(5)6;;;;/h1H2,2H3,(H,5,6);;;;/q;2*+1;2*-1. The van der Waals surface area contributed by atoms with Gasteiger partial charge >= 0.3 is 65.1 Å². The van der Waals surface area contributed by atoms with Crippen molar-refractivity contribution in [1.29, 1.82) is 0 Å². The monoisotopic (exact) mass is 134 g/mol. The molecule has 0 aromatic carbocycles. The SMILES string of the molecule is C=C(C)C(=O)O.[H-].[H-].[Na+].[Na+]. The van der Waals surface area contributed by atoms with Crippen molar-refractivity contribution in [2.75, 3.05) is 0 Å². The Kier molecular flexibility index (Phi) is 16.5. The first-order chi connectivity index (χ1) is 2.64. The molecule has 0 saturated carbocycles. The van der Waals surface area contributed by atoms with Gasteiger partial charge in [0.1, 0.15) is 0 Å². The molecule has 0 aliphatic rings. The second-order valence-electron chi connectivity index (χ2n) is 1.09. The van der Waals surface area contributed by atoms with E-state index >= 15 is 0 Å². The van der Waals surface area contributed by atoms with Crippen LogP contribution in [-0.4, -0.2) is 11.1 Å². The average Bonchev–Trinajstić information content (AvgIpc) is 1.36. The van der Waals surface area contributed by atoms with E-state index in [9.17, 15) is 4.79 Å². The number of hydrogen-bond acceptors (Lipinski definition) is 1. The van der Waals surface area contributed by atoms with Crippen molar-refractivity contribution in [3.63, 3.8) is 0 Å². The Bertz CT molecular complexity index is 85.3. The Balaban J connectivity index is -0.0000000208. The zero-order valence-corrected chi connectivity index (χ0v) is 9.56. The minimum atomic E-state index is -0.935. The molecule has 0 spiro atoms. The van der Waals surface area contributed by atoms with Crippen molar-refractivity contribution < 1.29 is 71.9 Å². The van der Waals surface area contributed by atoms with E-state index in [0.717, 1.165) is 0 Å². The fraction of sp³-hybridized carbons (Fsp3) is 0.250. The summed E-state index contributed by atoms with van der Waals surface area (Å²) in [4.78, 5) is 9.60. The van der Waals surface area contributed by atoms with Gasteiger partial charge in [0.05, 0.1) is 0 Å². The van der Waals surface area contributed by atoms with Gasteiger partial charge in [0.2, 0.25) is 0 Å². The fourth-order valence-corrected chi connectivity index (χ4v) is 0. The van der Waals surface area contributed by atoms with E-state index in [1.54, 1.807) is 0 Å². The van der Waals surface area contributed by atoms with Gasteiger partial charge in [-0.15, -0.1) is 0 Å². The van der Waals surface area contributed by atoms with Crippen molar-refractivity contribution >= 4 is 5.97 Å². The predicted molar refractivity (Wildman–Crippen MR) is 24.7 cm³/mol. The number of carboxylic acid groups (broad SMARTS) is 1. The minimum absolute atomic E-state index is 0. The summed E-state index contributed by atoms with van der Waals surface area (Å²) in [6.07, 6.45) is 0. The van der Waals surface area contributed by atoms with Gasteiger partial charge in [-0.25, -0.2) is 4.79 Å². The Morgan fingerprint density at radius 2 is 1.75 bits per heavy atom. The Hall–Kier alpha value is 1.21. The minimum Gasteiger partial charge on any atom is -1.00 e. The first-order valence-electron chi connectivity index (χ1n) is 1.53. The number of aliphatic carboxylic acids is 1. The van der Waals surface area contributed by atoms with Gasteiger partial charge < -0.3 is 7.96 Å². The zero-order chi connectivity index (χ0) is 5.15. The molecule has 0 aliphatic heterocycles. The van der Waals surface area contributed by atoms with Crippen LogP contribution >= 0.6 is 0 Å². The molecule has 0 heterocycles. The molecule has 0 rings (SSSR count). The van der Waals surface area contributed by atoms with Crippen molar-refractivity contribution in [2.24, 2.45) is 0 Å². The molecule has 0 saturated heterocycles. The summed E-state index contributed by atoms with van der Waals surface area (Å²) >= 11 is 0. The third-order valence-electron chi connectivity index (χ3n) is 0.365. The maximum Gasteiger partial charge on any atom is 1.00 e. The van der Waals surface area contributed by atoms with E-state index in [2.05, 4.69) is 6.58 Å². The van der Waals surface area contributed by atoms with Crippen LogP contribution in [0.3, 0.4) is 0 Å². The van der Waals surface area contributed by atoms with E-state index in [0.29, 0.717) is 0 Å². The van der Waals surface area contributed by atoms with Crippen LogP contribution in [0.25, 0.3) is 0 Å². The molecule has 0 aliphatic carbocycles. The molecule has 0 aromatic heterocycles. The van der Waals surface area contributed by atoms with Crippen LogP contribution in [-0.2, 0) is 4.79 Å². The van der Waals surface area contributed by atoms with Crippen LogP contribution in [0.1, 0.15) is 9.78 Å². The second kappa shape index (κ2) is 8.21. The van der Waals surface area contributed by atoms with Gasteiger partial charge in [-0.2, -0.15) is 0 Å². The molecular weight excluding hydrogens is 126 g/mol. The van der Waals surface area contributed by atoms with Crippen LogP contribution in [0, 0.1) is 0 Å². The van der Waals surface area contributed by atoms with Gasteiger partial charge in [0.15, 0.2) is 0 Å². The van der Waals surface area contributed by atoms with Crippen molar-refractivity contribution in [3.05, 3.63) is 12.2 Å². The smallest absolute Gasteiger partial charge is 1.00 e. The van der Waals surface area contributed by atoms with Crippen LogP contribution in [0.4, 0.5) is 0 Å². The molecule has 8 heavy (non-hydrogen) atoms. The number of carbonyl (C=O) groups is 1. The third kappa shape index (κ3) is 10.2. The average molecular weight is 134 g/mol. The normalized spacial score (nSPS) is 5.62. The maximum atomic E-state index is 9.60. The first-order valence-corrected chi connectivity index (χ1v) is 1.53. The van der Waals surface area contributed by atoms with E-state index in [4.69, 9.17) is 5.11 Å². The number of rotatable bonds is 1. The zero-order valence-electron chi connectivity index (χ0n) is 7.56. The van der Waals surface area contributed by atoms with Gasteiger partial charge in [-0.05, 0) is 6.92 Å². The van der Waals surface area contributed by atoms with Gasteiger partial charge in [-0.3, -0.25) is 0 Å². The summed E-state index contributed by atoms with van der Waals surface area (Å²) in [5.41, 5.74) is 0.176. The molecule has 2 nitrogen and oxygen atoms in total. The third-order valence-corrected chi connectivity index (χ3v) is 0.365. The number of carboxylic acids is 1. The van der Waals surface area contributed by atoms with Gasteiger partial charge in [-0.1, -0.05) is 6.58 Å².